The smallest absolute Gasteiger partial charge is 0.0973 e. The number of nitrogens with zero attached hydrogens (tertiary/aromatic N) is 6. The van der Waals surface area contributed by atoms with E-state index in [2.05, 4.69) is 153 Å². The number of para-hydroxylation sites is 2. The first-order valence-electron chi connectivity index (χ1n) is 16.4. The molecule has 0 N–H and O–H groups in total. The monoisotopic (exact) mass is 628 g/mol. The van der Waals surface area contributed by atoms with E-state index in [1.807, 2.05) is 24.8 Å². The predicted octanol–water partition coefficient (Wildman–Crippen LogP) is 10.3. The van der Waals surface area contributed by atoms with Crippen molar-refractivity contribution in [3.05, 3.63) is 158 Å². The average Bonchev–Trinajstić information content (AvgIpc) is 3.68. The van der Waals surface area contributed by atoms with E-state index < -0.39 is 0 Å². The second-order valence-electron chi connectivity index (χ2n) is 12.5. The third-order valence-electron chi connectivity index (χ3n) is 9.57. The molecule has 0 radical (unpaired) electrons. The Morgan fingerprint density at radius 2 is 0.898 bits per heavy atom. The number of fused-ring (bicyclic) bond motifs is 7. The maximum absolute atomic E-state index is 5.24. The molecule has 49 heavy (non-hydrogen) atoms. The van der Waals surface area contributed by atoms with Crippen LogP contribution in [0.2, 0.25) is 0 Å². The Balaban J connectivity index is 1.11. The lowest BCUT2D eigenvalue weighted by Gasteiger charge is -2.14. The Kier molecular flexibility index (Phi) is 5.99. The molecule has 0 aliphatic heterocycles. The number of hydrogen-bond donors (Lipinski definition) is 0. The van der Waals surface area contributed by atoms with Crippen molar-refractivity contribution in [3.8, 4) is 33.9 Å². The maximum Gasteiger partial charge on any atom is 0.0973 e. The summed E-state index contributed by atoms with van der Waals surface area (Å²) in [5.74, 6) is 0. The van der Waals surface area contributed by atoms with Crippen molar-refractivity contribution >= 4 is 54.6 Å². The van der Waals surface area contributed by atoms with Crippen LogP contribution in [0.15, 0.2) is 152 Å². The van der Waals surface area contributed by atoms with Gasteiger partial charge in [-0.15, -0.1) is 0 Å². The topological polar surface area (TPSA) is 61.4 Å². The zero-order valence-electron chi connectivity index (χ0n) is 26.6. The summed E-state index contributed by atoms with van der Waals surface area (Å²) in [7, 11) is 0. The average molecular weight is 629 g/mol. The fourth-order valence-electron chi connectivity index (χ4n) is 7.30. The summed E-state index contributed by atoms with van der Waals surface area (Å²) in [4.78, 5) is 19.4. The van der Waals surface area contributed by atoms with Crippen LogP contribution in [0.3, 0.4) is 0 Å². The highest BCUT2D eigenvalue weighted by Gasteiger charge is 2.17. The van der Waals surface area contributed by atoms with Gasteiger partial charge in [0.1, 0.15) is 0 Å². The van der Waals surface area contributed by atoms with Crippen molar-refractivity contribution in [1.29, 1.82) is 0 Å². The second kappa shape index (κ2) is 10.7. The van der Waals surface area contributed by atoms with Crippen LogP contribution >= 0.6 is 0 Å². The van der Waals surface area contributed by atoms with Crippen molar-refractivity contribution in [3.63, 3.8) is 0 Å². The molecule has 5 heterocycles. The van der Waals surface area contributed by atoms with Crippen molar-refractivity contribution in [2.45, 2.75) is 6.92 Å². The third-order valence-corrected chi connectivity index (χ3v) is 9.57. The molecule has 0 aliphatic rings. The molecule has 0 spiro atoms. The highest BCUT2D eigenvalue weighted by atomic mass is 15.0. The van der Waals surface area contributed by atoms with Gasteiger partial charge in [0.15, 0.2) is 0 Å². The Hall–Kier alpha value is -6.66. The highest BCUT2D eigenvalue weighted by molar-refractivity contribution is 6.10. The van der Waals surface area contributed by atoms with E-state index in [4.69, 9.17) is 9.97 Å². The van der Waals surface area contributed by atoms with Crippen molar-refractivity contribution in [2.75, 3.05) is 0 Å². The van der Waals surface area contributed by atoms with Gasteiger partial charge in [-0.3, -0.25) is 9.97 Å². The molecule has 6 nitrogen and oxygen atoms in total. The van der Waals surface area contributed by atoms with E-state index in [0.717, 1.165) is 72.6 Å². The Bertz CT molecular complexity index is 2770. The van der Waals surface area contributed by atoms with E-state index in [-0.39, 0.29) is 0 Å². The van der Waals surface area contributed by atoms with Crippen molar-refractivity contribution in [1.82, 2.24) is 29.1 Å². The van der Waals surface area contributed by atoms with Gasteiger partial charge in [-0.2, -0.15) is 0 Å². The summed E-state index contributed by atoms with van der Waals surface area (Å²) < 4.78 is 4.56. The minimum atomic E-state index is 0.848. The molecular formula is C43H28N6. The molecule has 0 saturated carbocycles. The number of pyridine rings is 2. The zero-order chi connectivity index (χ0) is 32.5. The van der Waals surface area contributed by atoms with Crippen molar-refractivity contribution < 1.29 is 0 Å². The fraction of sp³-hybridized carbons (Fsp3) is 0.0233. The lowest BCUT2D eigenvalue weighted by molar-refractivity contribution is 1.16. The van der Waals surface area contributed by atoms with Crippen LogP contribution < -0.4 is 0 Å². The minimum Gasteiger partial charge on any atom is -0.308 e. The van der Waals surface area contributed by atoms with Gasteiger partial charge in [0.25, 0.3) is 0 Å². The molecule has 10 aromatic rings. The molecule has 0 amide bonds. The van der Waals surface area contributed by atoms with Crippen LogP contribution in [-0.4, -0.2) is 29.1 Å². The first-order chi connectivity index (χ1) is 24.2. The first kappa shape index (κ1) is 27.5. The largest absolute Gasteiger partial charge is 0.308 e. The molecule has 6 heteroatoms. The molecule has 0 fully saturated rings. The number of rotatable bonds is 4. The van der Waals surface area contributed by atoms with Gasteiger partial charge in [-0.05, 0) is 73.2 Å². The number of aromatic nitrogens is 6. The standard InChI is InChI=1S/C43H28N6/c1-27-10-19-36-37(24-27)47-43(29-13-17-31(18-14-29)49-39-9-5-3-7-33(39)35-21-23-45-26-41(35)49)42(46-36)28-11-15-30(16-12-28)48-38-8-4-2-6-32(38)34-20-22-44-25-40(34)48/h2-26H,1H3. The minimum absolute atomic E-state index is 0.848. The highest BCUT2D eigenvalue weighted by Crippen LogP contribution is 2.36. The molecule has 0 unspecified atom stereocenters. The summed E-state index contributed by atoms with van der Waals surface area (Å²) in [6.45, 7) is 2.09. The molecule has 0 atom stereocenters. The fourth-order valence-corrected chi connectivity index (χ4v) is 7.30. The van der Waals surface area contributed by atoms with Gasteiger partial charge in [0.05, 0.1) is 56.9 Å². The summed E-state index contributed by atoms with van der Waals surface area (Å²) in [6, 6.07) is 44.7. The molecule has 230 valence electrons. The Labute approximate surface area is 281 Å². The van der Waals surface area contributed by atoms with E-state index in [1.165, 1.54) is 21.5 Å². The zero-order valence-corrected chi connectivity index (χ0v) is 26.6. The van der Waals surface area contributed by atoms with Crippen LogP contribution in [0.4, 0.5) is 0 Å². The Morgan fingerprint density at radius 1 is 0.429 bits per heavy atom. The van der Waals surface area contributed by atoms with Gasteiger partial charge < -0.3 is 9.13 Å². The van der Waals surface area contributed by atoms with Gasteiger partial charge in [-0.25, -0.2) is 9.97 Å². The lowest BCUT2D eigenvalue weighted by Crippen LogP contribution is -1.98. The quantitative estimate of drug-likeness (QED) is 0.195. The van der Waals surface area contributed by atoms with E-state index >= 15 is 0 Å². The van der Waals surface area contributed by atoms with Crippen LogP contribution in [0.1, 0.15) is 5.56 Å². The summed E-state index contributed by atoms with van der Waals surface area (Å²) >= 11 is 0. The predicted molar refractivity (Wildman–Crippen MR) is 199 cm³/mol. The van der Waals surface area contributed by atoms with Crippen molar-refractivity contribution in [2.24, 2.45) is 0 Å². The molecule has 5 aromatic heterocycles. The Morgan fingerprint density at radius 3 is 1.43 bits per heavy atom. The molecule has 10 rings (SSSR count). The van der Waals surface area contributed by atoms with Gasteiger partial charge in [0.2, 0.25) is 0 Å². The number of hydrogen-bond acceptors (Lipinski definition) is 4. The summed E-state index contributed by atoms with van der Waals surface area (Å²) in [6.07, 6.45) is 7.60. The molecule has 5 aromatic carbocycles. The number of aryl methyl sites for hydroxylation is 1. The SMILES string of the molecule is Cc1ccc2nc(-c3ccc(-n4c5ccccc5c5ccncc54)cc3)c(-c3ccc(-n4c5ccccc5c5ccncc54)cc3)nc2c1. The molecular weight excluding hydrogens is 601 g/mol. The molecule has 0 bridgehead atoms. The normalized spacial score (nSPS) is 11.8. The van der Waals surface area contributed by atoms with Crippen LogP contribution in [0.5, 0.6) is 0 Å². The first-order valence-corrected chi connectivity index (χ1v) is 16.4. The van der Waals surface area contributed by atoms with Gasteiger partial charge in [0, 0.05) is 56.4 Å². The third kappa shape index (κ3) is 4.27. The van der Waals surface area contributed by atoms with Crippen LogP contribution in [0, 0.1) is 6.92 Å². The van der Waals surface area contributed by atoms with E-state index in [1.54, 1.807) is 0 Å². The summed E-state index contributed by atoms with van der Waals surface area (Å²) in [5.41, 5.74) is 13.2. The van der Waals surface area contributed by atoms with Crippen LogP contribution in [0.25, 0.3) is 88.5 Å². The number of benzene rings is 5. The summed E-state index contributed by atoms with van der Waals surface area (Å²) in [5, 5.41) is 4.80. The van der Waals surface area contributed by atoms with E-state index in [0.29, 0.717) is 0 Å². The second-order valence-corrected chi connectivity index (χ2v) is 12.5. The molecule has 0 saturated heterocycles. The van der Waals surface area contributed by atoms with Gasteiger partial charge >= 0.3 is 0 Å². The maximum atomic E-state index is 5.24. The molecule has 0 aliphatic carbocycles. The van der Waals surface area contributed by atoms with Crippen LogP contribution in [-0.2, 0) is 0 Å². The lowest BCUT2D eigenvalue weighted by atomic mass is 10.0. The van der Waals surface area contributed by atoms with Gasteiger partial charge in [-0.1, -0.05) is 66.7 Å². The van der Waals surface area contributed by atoms with E-state index in [9.17, 15) is 0 Å².